The molecule has 1 nitrogen and oxygen atoms in total. The average molecular weight is 309 g/mol. The van der Waals surface area contributed by atoms with Crippen LogP contribution < -0.4 is 0 Å². The second-order valence-corrected chi connectivity index (χ2v) is 7.51. The molecule has 22 heavy (non-hydrogen) atoms. The molecule has 1 saturated carbocycles. The zero-order valence-electron chi connectivity index (χ0n) is 12.4. The Morgan fingerprint density at radius 1 is 1.09 bits per heavy atom. The maximum absolute atomic E-state index is 12.9. The predicted octanol–water partition coefficient (Wildman–Crippen LogP) is 4.99. The standard InChI is InChI=1S/C20H17ClO/c21-17-5-2-13-8-14-3-6-19(22)20(18(14)10-15(13)9-17)11-12-1-4-16(20)7-12/h1-2,5,8-10,16H,3-4,6-7,11H2. The summed E-state index contributed by atoms with van der Waals surface area (Å²) in [5.74, 6) is 0.958. The molecule has 110 valence electrons. The van der Waals surface area contributed by atoms with Crippen molar-refractivity contribution in [2.45, 2.75) is 37.5 Å². The van der Waals surface area contributed by atoms with Gasteiger partial charge in [-0.3, -0.25) is 4.79 Å². The molecule has 2 heteroatoms. The maximum Gasteiger partial charge on any atom is 0.144 e. The van der Waals surface area contributed by atoms with E-state index in [4.69, 9.17) is 11.6 Å². The number of hydrogen-bond donors (Lipinski definition) is 0. The van der Waals surface area contributed by atoms with E-state index in [0.717, 1.165) is 36.1 Å². The molecule has 2 aromatic carbocycles. The average Bonchev–Trinajstić information content (AvgIpc) is 3.12. The van der Waals surface area contributed by atoms with Crippen LogP contribution in [-0.4, -0.2) is 5.78 Å². The fourth-order valence-corrected chi connectivity index (χ4v) is 5.20. The van der Waals surface area contributed by atoms with Crippen molar-refractivity contribution in [3.8, 4) is 0 Å². The summed E-state index contributed by atoms with van der Waals surface area (Å²) in [5, 5.41) is 3.16. The van der Waals surface area contributed by atoms with Gasteiger partial charge in [-0.05, 0) is 71.7 Å². The Kier molecular flexibility index (Phi) is 2.48. The van der Waals surface area contributed by atoms with Crippen molar-refractivity contribution < 1.29 is 4.79 Å². The highest BCUT2D eigenvalue weighted by Crippen LogP contribution is 2.57. The SMILES string of the molecule is O=C1CCc2cc3ccc(Cl)cc3cc2C12CC1=CCC2C1. The van der Waals surface area contributed by atoms with E-state index in [1.165, 1.54) is 22.1 Å². The van der Waals surface area contributed by atoms with Crippen LogP contribution in [0.25, 0.3) is 10.8 Å². The van der Waals surface area contributed by atoms with E-state index in [9.17, 15) is 4.79 Å². The lowest BCUT2D eigenvalue weighted by molar-refractivity contribution is -0.126. The number of halogens is 1. The number of ketones is 1. The number of fused-ring (bicyclic) bond motifs is 6. The van der Waals surface area contributed by atoms with Gasteiger partial charge in [-0.25, -0.2) is 0 Å². The fourth-order valence-electron chi connectivity index (χ4n) is 5.02. The van der Waals surface area contributed by atoms with Gasteiger partial charge < -0.3 is 0 Å². The summed E-state index contributed by atoms with van der Waals surface area (Å²) < 4.78 is 0. The van der Waals surface area contributed by atoms with E-state index >= 15 is 0 Å². The van der Waals surface area contributed by atoms with Gasteiger partial charge in [-0.2, -0.15) is 0 Å². The van der Waals surface area contributed by atoms with Gasteiger partial charge in [0.05, 0.1) is 5.41 Å². The van der Waals surface area contributed by atoms with Crippen molar-refractivity contribution >= 4 is 28.2 Å². The fraction of sp³-hybridized carbons (Fsp3) is 0.350. The van der Waals surface area contributed by atoms with Crippen LogP contribution in [0.15, 0.2) is 42.0 Å². The third kappa shape index (κ3) is 1.53. The number of rotatable bonds is 0. The Hall–Kier alpha value is -1.60. The van der Waals surface area contributed by atoms with E-state index in [2.05, 4.69) is 24.3 Å². The summed E-state index contributed by atoms with van der Waals surface area (Å²) in [5.41, 5.74) is 3.94. The van der Waals surface area contributed by atoms with Crippen LogP contribution in [-0.2, 0) is 16.6 Å². The molecule has 0 N–H and O–H groups in total. The summed E-state index contributed by atoms with van der Waals surface area (Å²) in [6.45, 7) is 0. The number of allylic oxidation sites excluding steroid dienone is 2. The van der Waals surface area contributed by atoms with Crippen LogP contribution in [0, 0.1) is 5.92 Å². The predicted molar refractivity (Wildman–Crippen MR) is 89.4 cm³/mol. The second-order valence-electron chi connectivity index (χ2n) is 7.07. The number of aryl methyl sites for hydroxylation is 1. The normalized spacial score (nSPS) is 29.2. The highest BCUT2D eigenvalue weighted by molar-refractivity contribution is 6.31. The summed E-state index contributed by atoms with van der Waals surface area (Å²) >= 11 is 6.17. The molecule has 1 fully saturated rings. The topological polar surface area (TPSA) is 17.1 Å². The minimum Gasteiger partial charge on any atom is -0.299 e. The Labute approximate surface area is 135 Å². The summed E-state index contributed by atoms with van der Waals surface area (Å²) in [6.07, 6.45) is 7.11. The second kappa shape index (κ2) is 4.23. The van der Waals surface area contributed by atoms with Gasteiger partial charge >= 0.3 is 0 Å². The molecule has 2 unspecified atom stereocenters. The number of carbonyl (C=O) groups excluding carboxylic acids is 1. The molecular formula is C20H17ClO. The Morgan fingerprint density at radius 3 is 2.77 bits per heavy atom. The van der Waals surface area contributed by atoms with Gasteiger partial charge in [0.2, 0.25) is 0 Å². The molecule has 5 rings (SSSR count). The summed E-state index contributed by atoms with van der Waals surface area (Å²) in [7, 11) is 0. The zero-order valence-corrected chi connectivity index (χ0v) is 13.1. The summed E-state index contributed by atoms with van der Waals surface area (Å²) in [4.78, 5) is 12.9. The van der Waals surface area contributed by atoms with Gasteiger partial charge in [0, 0.05) is 11.4 Å². The zero-order chi connectivity index (χ0) is 14.9. The Bertz CT molecular complexity index is 863. The molecule has 0 aromatic heterocycles. The Morgan fingerprint density at radius 2 is 2.00 bits per heavy atom. The van der Waals surface area contributed by atoms with E-state index < -0.39 is 0 Å². The molecule has 3 aliphatic rings. The van der Waals surface area contributed by atoms with Crippen LogP contribution in [0.3, 0.4) is 0 Å². The first kappa shape index (κ1) is 12.9. The number of benzene rings is 2. The van der Waals surface area contributed by atoms with Gasteiger partial charge in [0.15, 0.2) is 0 Å². The van der Waals surface area contributed by atoms with E-state index in [1.54, 1.807) is 0 Å². The third-order valence-electron chi connectivity index (χ3n) is 6.03. The van der Waals surface area contributed by atoms with Crippen LogP contribution in [0.5, 0.6) is 0 Å². The molecule has 0 heterocycles. The smallest absolute Gasteiger partial charge is 0.144 e. The van der Waals surface area contributed by atoms with Crippen molar-refractivity contribution in [1.29, 1.82) is 0 Å². The molecule has 2 atom stereocenters. The quantitative estimate of drug-likeness (QED) is 0.627. The van der Waals surface area contributed by atoms with Crippen molar-refractivity contribution in [3.63, 3.8) is 0 Å². The van der Waals surface area contributed by atoms with Gasteiger partial charge in [0.25, 0.3) is 0 Å². The third-order valence-corrected chi connectivity index (χ3v) is 6.26. The highest BCUT2D eigenvalue weighted by atomic mass is 35.5. The maximum atomic E-state index is 12.9. The molecule has 0 amide bonds. The largest absolute Gasteiger partial charge is 0.299 e. The van der Waals surface area contributed by atoms with Gasteiger partial charge in [-0.15, -0.1) is 0 Å². The van der Waals surface area contributed by atoms with E-state index in [0.29, 0.717) is 18.1 Å². The lowest BCUT2D eigenvalue weighted by Crippen LogP contribution is -2.43. The minimum absolute atomic E-state index is 0.228. The number of carbonyl (C=O) groups is 1. The molecule has 0 radical (unpaired) electrons. The highest BCUT2D eigenvalue weighted by Gasteiger charge is 2.54. The van der Waals surface area contributed by atoms with Crippen LogP contribution in [0.2, 0.25) is 5.02 Å². The first-order chi connectivity index (χ1) is 10.7. The van der Waals surface area contributed by atoms with Gasteiger partial charge in [0.1, 0.15) is 5.78 Å². The number of hydrogen-bond acceptors (Lipinski definition) is 1. The molecule has 0 saturated heterocycles. The van der Waals surface area contributed by atoms with Crippen molar-refractivity contribution in [2.24, 2.45) is 5.92 Å². The van der Waals surface area contributed by atoms with Crippen LogP contribution in [0.4, 0.5) is 0 Å². The number of Topliss-reactive ketones (excluding diaryl/α,β-unsaturated/α-hetero) is 1. The molecular weight excluding hydrogens is 292 g/mol. The van der Waals surface area contributed by atoms with Crippen LogP contribution in [0.1, 0.15) is 36.8 Å². The lowest BCUT2D eigenvalue weighted by atomic mass is 9.61. The van der Waals surface area contributed by atoms with E-state index in [1.807, 2.05) is 12.1 Å². The van der Waals surface area contributed by atoms with Crippen molar-refractivity contribution in [1.82, 2.24) is 0 Å². The molecule has 3 aliphatic carbocycles. The monoisotopic (exact) mass is 308 g/mol. The van der Waals surface area contributed by atoms with Gasteiger partial charge in [-0.1, -0.05) is 35.4 Å². The first-order valence-electron chi connectivity index (χ1n) is 8.11. The molecule has 1 spiro atoms. The molecule has 2 aromatic rings. The molecule has 2 bridgehead atoms. The Balaban J connectivity index is 1.80. The van der Waals surface area contributed by atoms with Crippen molar-refractivity contribution in [3.05, 3.63) is 58.1 Å². The summed E-state index contributed by atoms with van der Waals surface area (Å²) in [6, 6.07) is 10.6. The minimum atomic E-state index is -0.228. The van der Waals surface area contributed by atoms with E-state index in [-0.39, 0.29) is 5.41 Å². The van der Waals surface area contributed by atoms with Crippen molar-refractivity contribution in [2.75, 3.05) is 0 Å². The van der Waals surface area contributed by atoms with Crippen LogP contribution >= 0.6 is 11.6 Å². The lowest BCUT2D eigenvalue weighted by Gasteiger charge is -2.40. The molecule has 0 aliphatic heterocycles. The first-order valence-corrected chi connectivity index (χ1v) is 8.48.